The van der Waals surface area contributed by atoms with Gasteiger partial charge in [-0.15, -0.1) is 0 Å². The molecule has 0 unspecified atom stereocenters. The van der Waals surface area contributed by atoms with Gasteiger partial charge in [-0.1, -0.05) is 24.4 Å². The summed E-state index contributed by atoms with van der Waals surface area (Å²) in [6.45, 7) is 2.33. The Morgan fingerprint density at radius 1 is 1.13 bits per heavy atom. The van der Waals surface area contributed by atoms with Crippen molar-refractivity contribution in [3.8, 4) is 0 Å². The number of para-hydroxylation sites is 2. The van der Waals surface area contributed by atoms with E-state index in [0.717, 1.165) is 18.8 Å². The summed E-state index contributed by atoms with van der Waals surface area (Å²) in [6.07, 6.45) is 3.96. The standard InChI is InChI=1S/C12H16N2S/c15-10-13-11-6-2-3-7-12(11)14-8-4-1-5-9-14/h2-3,6-7,10H,1,4-5,8-9H2,(H,13,15). The molecule has 2 rings (SSSR count). The highest BCUT2D eigenvalue weighted by Crippen LogP contribution is 2.27. The Balaban J connectivity index is 2.20. The van der Waals surface area contributed by atoms with Crippen LogP contribution in [0.4, 0.5) is 11.4 Å². The van der Waals surface area contributed by atoms with Crippen LogP contribution >= 0.6 is 12.2 Å². The lowest BCUT2D eigenvalue weighted by Gasteiger charge is -2.30. The van der Waals surface area contributed by atoms with Gasteiger partial charge in [0, 0.05) is 13.1 Å². The topological polar surface area (TPSA) is 15.3 Å². The number of hydrogen-bond donors (Lipinski definition) is 1. The molecule has 15 heavy (non-hydrogen) atoms. The molecule has 1 aromatic carbocycles. The Morgan fingerprint density at radius 2 is 1.87 bits per heavy atom. The van der Waals surface area contributed by atoms with Crippen molar-refractivity contribution in [2.24, 2.45) is 0 Å². The molecule has 2 nitrogen and oxygen atoms in total. The number of nitrogens with one attached hydrogen (secondary N) is 1. The molecule has 0 bridgehead atoms. The maximum absolute atomic E-state index is 4.84. The first-order valence-corrected chi connectivity index (χ1v) is 5.93. The first-order valence-electron chi connectivity index (χ1n) is 5.46. The van der Waals surface area contributed by atoms with E-state index in [-0.39, 0.29) is 0 Å². The van der Waals surface area contributed by atoms with E-state index in [1.54, 1.807) is 5.49 Å². The number of hydrogen-bond acceptors (Lipinski definition) is 2. The van der Waals surface area contributed by atoms with Gasteiger partial charge in [-0.25, -0.2) is 0 Å². The Morgan fingerprint density at radius 3 is 2.60 bits per heavy atom. The van der Waals surface area contributed by atoms with Gasteiger partial charge in [-0.3, -0.25) is 0 Å². The normalized spacial score (nSPS) is 16.1. The van der Waals surface area contributed by atoms with E-state index >= 15 is 0 Å². The lowest BCUT2D eigenvalue weighted by atomic mass is 10.1. The van der Waals surface area contributed by atoms with Gasteiger partial charge in [0.05, 0.1) is 16.9 Å². The van der Waals surface area contributed by atoms with Crippen molar-refractivity contribution in [1.82, 2.24) is 0 Å². The molecule has 0 atom stereocenters. The third-order valence-electron chi connectivity index (χ3n) is 2.82. The van der Waals surface area contributed by atoms with Crippen LogP contribution in [0.3, 0.4) is 0 Å². The Kier molecular flexibility index (Phi) is 3.56. The molecule has 0 amide bonds. The molecular formula is C12H16N2S. The molecule has 0 aromatic heterocycles. The van der Waals surface area contributed by atoms with E-state index in [9.17, 15) is 0 Å². The van der Waals surface area contributed by atoms with Crippen LogP contribution in [-0.4, -0.2) is 18.6 Å². The summed E-state index contributed by atoms with van der Waals surface area (Å²) >= 11 is 4.84. The first-order chi connectivity index (χ1) is 7.42. The third kappa shape index (κ3) is 2.48. The second kappa shape index (κ2) is 5.12. The van der Waals surface area contributed by atoms with E-state index in [2.05, 4.69) is 28.4 Å². The zero-order chi connectivity index (χ0) is 10.5. The van der Waals surface area contributed by atoms with Gasteiger partial charge in [-0.2, -0.15) is 0 Å². The summed E-state index contributed by atoms with van der Waals surface area (Å²) < 4.78 is 0. The molecule has 1 saturated heterocycles. The monoisotopic (exact) mass is 220 g/mol. The van der Waals surface area contributed by atoms with Gasteiger partial charge in [0.15, 0.2) is 0 Å². The summed E-state index contributed by atoms with van der Waals surface area (Å²) in [5, 5.41) is 3.12. The predicted octanol–water partition coefficient (Wildman–Crippen LogP) is 3.05. The number of thiocarbonyl (C=S) groups is 1. The van der Waals surface area contributed by atoms with Crippen molar-refractivity contribution in [3.05, 3.63) is 24.3 Å². The minimum atomic E-state index is 1.12. The molecule has 0 aliphatic carbocycles. The third-order valence-corrected chi connectivity index (χ3v) is 2.93. The molecule has 0 radical (unpaired) electrons. The second-order valence-electron chi connectivity index (χ2n) is 3.83. The van der Waals surface area contributed by atoms with Crippen molar-refractivity contribution in [2.75, 3.05) is 23.3 Å². The Labute approximate surface area is 96.3 Å². The van der Waals surface area contributed by atoms with Gasteiger partial charge in [0.25, 0.3) is 0 Å². The van der Waals surface area contributed by atoms with E-state index < -0.39 is 0 Å². The Hall–Kier alpha value is -1.09. The van der Waals surface area contributed by atoms with Crippen molar-refractivity contribution in [2.45, 2.75) is 19.3 Å². The second-order valence-corrected chi connectivity index (χ2v) is 4.06. The van der Waals surface area contributed by atoms with Crippen LogP contribution in [0.5, 0.6) is 0 Å². The molecule has 1 N–H and O–H groups in total. The maximum Gasteiger partial charge on any atom is 0.0659 e. The molecule has 1 fully saturated rings. The van der Waals surface area contributed by atoms with Gasteiger partial charge >= 0.3 is 0 Å². The highest BCUT2D eigenvalue weighted by Gasteiger charge is 2.13. The molecule has 80 valence electrons. The van der Waals surface area contributed by atoms with E-state index in [1.165, 1.54) is 24.9 Å². The van der Waals surface area contributed by atoms with E-state index in [1.807, 2.05) is 6.07 Å². The fraction of sp³-hybridized carbons (Fsp3) is 0.417. The molecular weight excluding hydrogens is 204 g/mol. The molecule has 0 saturated carbocycles. The first kappa shape index (κ1) is 10.4. The number of nitrogens with zero attached hydrogens (tertiary/aromatic N) is 1. The van der Waals surface area contributed by atoms with Gasteiger partial charge in [0.2, 0.25) is 0 Å². The highest BCUT2D eigenvalue weighted by molar-refractivity contribution is 7.79. The highest BCUT2D eigenvalue weighted by atomic mass is 32.1. The molecule has 1 aliphatic heterocycles. The van der Waals surface area contributed by atoms with Crippen LogP contribution < -0.4 is 10.2 Å². The number of benzene rings is 1. The summed E-state index contributed by atoms with van der Waals surface area (Å²) in [6, 6.07) is 8.35. The van der Waals surface area contributed by atoms with Crippen LogP contribution in [-0.2, 0) is 0 Å². The van der Waals surface area contributed by atoms with Crippen LogP contribution in [0, 0.1) is 0 Å². The van der Waals surface area contributed by atoms with Crippen LogP contribution in [0.1, 0.15) is 19.3 Å². The van der Waals surface area contributed by atoms with Gasteiger partial charge < -0.3 is 10.2 Å². The zero-order valence-corrected chi connectivity index (χ0v) is 9.59. The van der Waals surface area contributed by atoms with Gasteiger partial charge in [-0.05, 0) is 31.4 Å². The molecule has 1 aliphatic rings. The van der Waals surface area contributed by atoms with Crippen molar-refractivity contribution in [3.63, 3.8) is 0 Å². The van der Waals surface area contributed by atoms with Crippen LogP contribution in [0.15, 0.2) is 24.3 Å². The quantitative estimate of drug-likeness (QED) is 0.788. The summed E-state index contributed by atoms with van der Waals surface area (Å²) in [7, 11) is 0. The zero-order valence-electron chi connectivity index (χ0n) is 8.78. The van der Waals surface area contributed by atoms with Crippen molar-refractivity contribution < 1.29 is 0 Å². The number of piperidine rings is 1. The molecule has 3 heteroatoms. The van der Waals surface area contributed by atoms with Crippen molar-refractivity contribution >= 4 is 29.1 Å². The lowest BCUT2D eigenvalue weighted by Crippen LogP contribution is -2.29. The number of rotatable bonds is 3. The number of anilines is 2. The smallest absolute Gasteiger partial charge is 0.0659 e. The SMILES string of the molecule is S=CNc1ccccc1N1CCCCC1. The van der Waals surface area contributed by atoms with Crippen molar-refractivity contribution in [1.29, 1.82) is 0 Å². The van der Waals surface area contributed by atoms with Gasteiger partial charge in [0.1, 0.15) is 0 Å². The largest absolute Gasteiger partial charge is 0.370 e. The molecule has 1 heterocycles. The summed E-state index contributed by atoms with van der Waals surface area (Å²) in [4.78, 5) is 2.44. The summed E-state index contributed by atoms with van der Waals surface area (Å²) in [5.41, 5.74) is 3.97. The molecule has 0 spiro atoms. The maximum atomic E-state index is 4.84. The molecule has 1 aromatic rings. The fourth-order valence-corrected chi connectivity index (χ4v) is 2.20. The van der Waals surface area contributed by atoms with E-state index in [0.29, 0.717) is 0 Å². The minimum Gasteiger partial charge on any atom is -0.370 e. The van der Waals surface area contributed by atoms with Crippen LogP contribution in [0.25, 0.3) is 0 Å². The lowest BCUT2D eigenvalue weighted by molar-refractivity contribution is 0.578. The van der Waals surface area contributed by atoms with Crippen LogP contribution in [0.2, 0.25) is 0 Å². The fourth-order valence-electron chi connectivity index (χ4n) is 2.07. The minimum absolute atomic E-state index is 1.12. The Bertz CT molecular complexity index is 332. The summed E-state index contributed by atoms with van der Waals surface area (Å²) in [5.74, 6) is 0. The average Bonchev–Trinajstić information content (AvgIpc) is 2.31. The predicted molar refractivity (Wildman–Crippen MR) is 69.8 cm³/mol. The average molecular weight is 220 g/mol. The van der Waals surface area contributed by atoms with E-state index in [4.69, 9.17) is 12.2 Å².